The highest BCUT2D eigenvalue weighted by atomic mass is 35.5. The molecule has 20 heteroatoms. The Bertz CT molecular complexity index is 3420. The second-order valence-corrected chi connectivity index (χ2v) is 19.4. The summed E-state index contributed by atoms with van der Waals surface area (Å²) in [6.07, 6.45) is -6.58. The first-order valence-electron chi connectivity index (χ1n) is 25.3. The molecule has 428 valence electrons. The number of carbonyl (C=O) groups is 6. The Balaban J connectivity index is 0.000000241. The van der Waals surface area contributed by atoms with E-state index in [4.69, 9.17) is 23.2 Å². The molecule has 8 aromatic rings. The van der Waals surface area contributed by atoms with Crippen molar-refractivity contribution in [2.24, 2.45) is 0 Å². The summed E-state index contributed by atoms with van der Waals surface area (Å²) < 4.78 is 77.8. The minimum Gasteiger partial charge on any atom is -0.480 e. The highest BCUT2D eigenvalue weighted by Crippen LogP contribution is 2.31. The number of aliphatic carboxylic acids is 2. The van der Waals surface area contributed by atoms with Gasteiger partial charge in [-0.05, 0) is 129 Å². The number of benzene rings is 8. The number of halogens is 8. The number of hydrogen-bond donors (Lipinski definition) is 6. The lowest BCUT2D eigenvalue weighted by molar-refractivity contribution is -0.141. The summed E-state index contributed by atoms with van der Waals surface area (Å²) in [6, 6.07) is 50.3. The molecule has 2 unspecified atom stereocenters. The monoisotopic (exact) mass is 1180 g/mol. The number of hydrogen-bond acceptors (Lipinski definition) is 6. The van der Waals surface area contributed by atoms with E-state index in [-0.39, 0.29) is 35.4 Å². The first kappa shape index (κ1) is 61.8. The number of amides is 4. The molecule has 2 atom stereocenters. The van der Waals surface area contributed by atoms with E-state index < -0.39 is 71.1 Å². The van der Waals surface area contributed by atoms with Crippen molar-refractivity contribution in [3.8, 4) is 22.3 Å². The highest BCUT2D eigenvalue weighted by molar-refractivity contribution is 6.30. The van der Waals surface area contributed by atoms with Gasteiger partial charge in [-0.1, -0.05) is 157 Å². The van der Waals surface area contributed by atoms with Gasteiger partial charge in [-0.25, -0.2) is 9.59 Å². The van der Waals surface area contributed by atoms with Crippen molar-refractivity contribution >= 4 is 70.9 Å². The van der Waals surface area contributed by atoms with E-state index in [0.29, 0.717) is 32.3 Å². The number of carboxylic acids is 2. The van der Waals surface area contributed by atoms with Crippen LogP contribution in [0.2, 0.25) is 10.0 Å². The Morgan fingerprint density at radius 1 is 0.405 bits per heavy atom. The van der Waals surface area contributed by atoms with Crippen LogP contribution in [0.1, 0.15) is 54.1 Å². The molecule has 0 saturated carbocycles. The maximum atomic E-state index is 13.3. The number of rotatable bonds is 18. The van der Waals surface area contributed by atoms with Gasteiger partial charge in [-0.2, -0.15) is 26.3 Å². The zero-order chi connectivity index (χ0) is 60.6. The molecule has 84 heavy (non-hydrogen) atoms. The Morgan fingerprint density at radius 2 is 0.702 bits per heavy atom. The molecule has 0 spiro atoms. The average molecular weight is 1190 g/mol. The van der Waals surface area contributed by atoms with Gasteiger partial charge < -0.3 is 31.5 Å². The molecule has 0 fully saturated rings. The molecule has 0 radical (unpaired) electrons. The molecular formula is C64H48Cl2F6N4O8. The van der Waals surface area contributed by atoms with E-state index in [0.717, 1.165) is 70.8 Å². The van der Waals surface area contributed by atoms with E-state index in [1.54, 1.807) is 72.8 Å². The van der Waals surface area contributed by atoms with Crippen molar-refractivity contribution in [3.05, 3.63) is 272 Å². The largest absolute Gasteiger partial charge is 0.480 e. The smallest absolute Gasteiger partial charge is 0.416 e. The minimum atomic E-state index is -4.58. The van der Waals surface area contributed by atoms with Gasteiger partial charge in [0.05, 0.1) is 11.1 Å². The van der Waals surface area contributed by atoms with Gasteiger partial charge in [0.25, 0.3) is 23.6 Å². The summed E-state index contributed by atoms with van der Waals surface area (Å²) in [5, 5.41) is 30.1. The summed E-state index contributed by atoms with van der Waals surface area (Å²) in [7, 11) is 0. The SMILES string of the molecule is O=C(NC(Cc1ccc(Cl)cc1)C(=O)O)/C(=C\c1ccc(-c2ccccc2)cc1)NC(=O)c1ccc(C(F)(F)F)cc1.O=C(NC(Cc1ccc(Cl)cc1)C(=O)O)/C(=C\c1ccc(-c2ccccc2)cc1)NC(=O)c1ccc(C(F)(F)F)cc1. The van der Waals surface area contributed by atoms with E-state index in [2.05, 4.69) is 21.3 Å². The molecule has 4 amide bonds. The fraction of sp³-hybridized carbons (Fsp3) is 0.0938. The van der Waals surface area contributed by atoms with E-state index in [1.807, 2.05) is 84.9 Å². The molecule has 6 N–H and O–H groups in total. The van der Waals surface area contributed by atoms with Crippen LogP contribution in [0.25, 0.3) is 34.4 Å². The quantitative estimate of drug-likeness (QED) is 0.0361. The second kappa shape index (κ2) is 28.3. The van der Waals surface area contributed by atoms with Crippen LogP contribution in [0.15, 0.2) is 218 Å². The Morgan fingerprint density at radius 3 is 0.988 bits per heavy atom. The molecule has 0 aliphatic carbocycles. The summed E-state index contributed by atoms with van der Waals surface area (Å²) in [4.78, 5) is 76.5. The molecule has 0 saturated heterocycles. The summed E-state index contributed by atoms with van der Waals surface area (Å²) in [5.74, 6) is -6.11. The Labute approximate surface area is 487 Å². The summed E-state index contributed by atoms with van der Waals surface area (Å²) in [5.41, 5.74) is 3.25. The van der Waals surface area contributed by atoms with Crippen LogP contribution in [-0.2, 0) is 44.4 Å². The van der Waals surface area contributed by atoms with Crippen molar-refractivity contribution in [1.82, 2.24) is 21.3 Å². The Hall–Kier alpha value is -9.78. The van der Waals surface area contributed by atoms with Crippen LogP contribution in [0.3, 0.4) is 0 Å². The molecule has 0 bridgehead atoms. The lowest BCUT2D eigenvalue weighted by atomic mass is 10.0. The van der Waals surface area contributed by atoms with Gasteiger partial charge in [0.15, 0.2) is 0 Å². The number of alkyl halides is 6. The molecule has 8 aromatic carbocycles. The average Bonchev–Trinajstić information content (AvgIpc) is 3.69. The highest BCUT2D eigenvalue weighted by Gasteiger charge is 2.32. The van der Waals surface area contributed by atoms with Crippen molar-refractivity contribution < 1.29 is 65.3 Å². The maximum absolute atomic E-state index is 13.3. The molecule has 0 aliphatic rings. The maximum Gasteiger partial charge on any atom is 0.416 e. The predicted molar refractivity (Wildman–Crippen MR) is 307 cm³/mol. The molecule has 12 nitrogen and oxygen atoms in total. The molecule has 0 heterocycles. The zero-order valence-corrected chi connectivity index (χ0v) is 45.2. The minimum absolute atomic E-state index is 0.0653. The normalized spacial score (nSPS) is 12.3. The third-order valence-electron chi connectivity index (χ3n) is 12.5. The standard InChI is InChI=1S/2C32H24ClF3N2O4/c2*33-26-16-8-21(9-17-26)19-28(31(41)42)38-30(40)27(37-29(39)24-12-14-25(15-13-24)32(34,35)36)18-20-6-10-23(11-7-20)22-4-2-1-3-5-22/h2*1-18,28H,19H2,(H,37,39)(H,38,40)(H,41,42)/b2*27-18+. The molecule has 8 rings (SSSR count). The fourth-order valence-electron chi connectivity index (χ4n) is 8.05. The number of carbonyl (C=O) groups excluding carboxylic acids is 4. The van der Waals surface area contributed by atoms with Gasteiger partial charge in [-0.15, -0.1) is 0 Å². The number of nitrogens with one attached hydrogen (secondary N) is 4. The number of carboxylic acid groups (broad SMARTS) is 2. The van der Waals surface area contributed by atoms with Gasteiger partial charge in [0.1, 0.15) is 23.5 Å². The third-order valence-corrected chi connectivity index (χ3v) is 13.0. The first-order chi connectivity index (χ1) is 40.0. The topological polar surface area (TPSA) is 191 Å². The molecular weight excluding hydrogens is 1140 g/mol. The predicted octanol–water partition coefficient (Wildman–Crippen LogP) is 13.2. The van der Waals surface area contributed by atoms with E-state index in [1.165, 1.54) is 12.2 Å². The zero-order valence-electron chi connectivity index (χ0n) is 43.7. The van der Waals surface area contributed by atoms with Crippen LogP contribution in [0, 0.1) is 0 Å². The van der Waals surface area contributed by atoms with Gasteiger partial charge in [0, 0.05) is 34.0 Å². The van der Waals surface area contributed by atoms with Crippen molar-refractivity contribution in [3.63, 3.8) is 0 Å². The van der Waals surface area contributed by atoms with Gasteiger partial charge in [0.2, 0.25) is 0 Å². The van der Waals surface area contributed by atoms with E-state index in [9.17, 15) is 65.3 Å². The van der Waals surface area contributed by atoms with Crippen molar-refractivity contribution in [2.75, 3.05) is 0 Å². The van der Waals surface area contributed by atoms with E-state index >= 15 is 0 Å². The molecule has 0 aromatic heterocycles. The van der Waals surface area contributed by atoms with Crippen LogP contribution in [0.5, 0.6) is 0 Å². The van der Waals surface area contributed by atoms with Crippen molar-refractivity contribution in [1.29, 1.82) is 0 Å². The summed E-state index contributed by atoms with van der Waals surface area (Å²) in [6.45, 7) is 0. The van der Waals surface area contributed by atoms with Gasteiger partial charge >= 0.3 is 24.3 Å². The van der Waals surface area contributed by atoms with Crippen LogP contribution >= 0.6 is 23.2 Å². The molecule has 0 aliphatic heterocycles. The fourth-order valence-corrected chi connectivity index (χ4v) is 8.30. The van der Waals surface area contributed by atoms with Crippen LogP contribution < -0.4 is 21.3 Å². The Kier molecular flexibility index (Phi) is 20.8. The first-order valence-corrected chi connectivity index (χ1v) is 26.0. The summed E-state index contributed by atoms with van der Waals surface area (Å²) >= 11 is 11.8. The van der Waals surface area contributed by atoms with Crippen LogP contribution in [0.4, 0.5) is 26.3 Å². The van der Waals surface area contributed by atoms with Crippen LogP contribution in [-0.4, -0.2) is 57.9 Å². The van der Waals surface area contributed by atoms with Gasteiger partial charge in [-0.3, -0.25) is 19.2 Å². The lowest BCUT2D eigenvalue weighted by Crippen LogP contribution is -2.45. The second-order valence-electron chi connectivity index (χ2n) is 18.5. The van der Waals surface area contributed by atoms with Crippen molar-refractivity contribution in [2.45, 2.75) is 37.3 Å². The lowest BCUT2D eigenvalue weighted by Gasteiger charge is -2.17. The third kappa shape index (κ3) is 18.1.